The maximum atomic E-state index is 5.33. The van der Waals surface area contributed by atoms with Gasteiger partial charge in [0.25, 0.3) is 0 Å². The number of hydrogen-bond acceptors (Lipinski definition) is 4. The van der Waals surface area contributed by atoms with Crippen LogP contribution < -0.4 is 0 Å². The van der Waals surface area contributed by atoms with E-state index < -0.39 is 0 Å². The zero-order valence-electron chi connectivity index (χ0n) is 13.9. The highest BCUT2D eigenvalue weighted by Gasteiger charge is 2.20. The van der Waals surface area contributed by atoms with Crippen molar-refractivity contribution in [2.24, 2.45) is 5.92 Å². The van der Waals surface area contributed by atoms with Crippen LogP contribution in [0, 0.1) is 5.92 Å². The van der Waals surface area contributed by atoms with Gasteiger partial charge in [0.15, 0.2) is 0 Å². The first-order valence-corrected chi connectivity index (χ1v) is 8.45. The fourth-order valence-corrected chi connectivity index (χ4v) is 3.51. The second-order valence-corrected chi connectivity index (χ2v) is 6.63. The van der Waals surface area contributed by atoms with E-state index in [-0.39, 0.29) is 0 Å². The zero-order chi connectivity index (χ0) is 16.4. The first kappa shape index (κ1) is 15.1. The van der Waals surface area contributed by atoms with Crippen molar-refractivity contribution in [1.82, 2.24) is 19.4 Å². The highest BCUT2D eigenvalue weighted by atomic mass is 16.3. The van der Waals surface area contributed by atoms with Gasteiger partial charge in [-0.25, -0.2) is 9.97 Å². The summed E-state index contributed by atoms with van der Waals surface area (Å²) in [4.78, 5) is 11.1. The van der Waals surface area contributed by atoms with Gasteiger partial charge in [-0.2, -0.15) is 0 Å². The predicted octanol–water partition coefficient (Wildman–Crippen LogP) is 3.23. The van der Waals surface area contributed by atoms with Gasteiger partial charge in [-0.05, 0) is 37.1 Å². The molecule has 124 valence electrons. The summed E-state index contributed by atoms with van der Waals surface area (Å²) in [6.07, 6.45) is 9.60. The Morgan fingerprint density at radius 2 is 2.08 bits per heavy atom. The van der Waals surface area contributed by atoms with Crippen molar-refractivity contribution in [1.29, 1.82) is 0 Å². The van der Waals surface area contributed by atoms with Gasteiger partial charge in [-0.1, -0.05) is 12.1 Å². The molecule has 24 heavy (non-hydrogen) atoms. The SMILES string of the molecule is CN(Cc1ccc(-c2ncco2)cc1)CC1CCn2ccnc2C1. The highest BCUT2D eigenvalue weighted by molar-refractivity contribution is 5.53. The number of oxazole rings is 1. The van der Waals surface area contributed by atoms with Crippen LogP contribution in [0.2, 0.25) is 0 Å². The number of imidazole rings is 1. The van der Waals surface area contributed by atoms with Gasteiger partial charge in [-0.3, -0.25) is 0 Å². The van der Waals surface area contributed by atoms with Crippen molar-refractivity contribution >= 4 is 0 Å². The summed E-state index contributed by atoms with van der Waals surface area (Å²) >= 11 is 0. The lowest BCUT2D eigenvalue weighted by atomic mass is 9.97. The van der Waals surface area contributed by atoms with Crippen LogP contribution >= 0.6 is 0 Å². The summed E-state index contributed by atoms with van der Waals surface area (Å²) in [5.74, 6) is 2.60. The van der Waals surface area contributed by atoms with Crippen molar-refractivity contribution in [3.8, 4) is 11.5 Å². The van der Waals surface area contributed by atoms with E-state index in [9.17, 15) is 0 Å². The summed E-state index contributed by atoms with van der Waals surface area (Å²) in [5.41, 5.74) is 2.33. The Morgan fingerprint density at radius 3 is 2.88 bits per heavy atom. The van der Waals surface area contributed by atoms with Gasteiger partial charge in [0.1, 0.15) is 12.1 Å². The second-order valence-electron chi connectivity index (χ2n) is 6.63. The standard InChI is InChI=1S/C19H22N4O/c1-22(14-16-6-9-23-10-7-20-18(23)12-16)13-15-2-4-17(5-3-15)19-21-8-11-24-19/h2-5,7-8,10-11,16H,6,9,12-14H2,1H3. The lowest BCUT2D eigenvalue weighted by molar-refractivity contribution is 0.238. The molecule has 1 aliphatic rings. The lowest BCUT2D eigenvalue weighted by Crippen LogP contribution is -2.30. The molecule has 2 aromatic heterocycles. The Hall–Kier alpha value is -2.40. The largest absolute Gasteiger partial charge is 0.445 e. The molecule has 5 heteroatoms. The van der Waals surface area contributed by atoms with Gasteiger partial charge in [0, 0.05) is 44.0 Å². The maximum Gasteiger partial charge on any atom is 0.225 e. The van der Waals surface area contributed by atoms with Crippen molar-refractivity contribution in [3.05, 3.63) is 60.5 Å². The molecular formula is C19H22N4O. The van der Waals surface area contributed by atoms with Crippen LogP contribution in [-0.4, -0.2) is 33.0 Å². The lowest BCUT2D eigenvalue weighted by Gasteiger charge is -2.27. The molecule has 1 aliphatic heterocycles. The number of aromatic nitrogens is 3. The maximum absolute atomic E-state index is 5.33. The Kier molecular flexibility index (Phi) is 4.17. The monoisotopic (exact) mass is 322 g/mol. The smallest absolute Gasteiger partial charge is 0.225 e. The van der Waals surface area contributed by atoms with Crippen molar-refractivity contribution in [3.63, 3.8) is 0 Å². The van der Waals surface area contributed by atoms with E-state index in [1.54, 1.807) is 12.5 Å². The summed E-state index contributed by atoms with van der Waals surface area (Å²) in [6.45, 7) is 3.16. The molecular weight excluding hydrogens is 300 g/mol. The Balaban J connectivity index is 1.34. The number of nitrogens with zero attached hydrogens (tertiary/aromatic N) is 4. The molecule has 0 amide bonds. The molecule has 0 radical (unpaired) electrons. The van der Waals surface area contributed by atoms with Crippen LogP contribution in [0.5, 0.6) is 0 Å². The van der Waals surface area contributed by atoms with Crippen LogP contribution in [0.25, 0.3) is 11.5 Å². The number of benzene rings is 1. The first-order valence-electron chi connectivity index (χ1n) is 8.45. The van der Waals surface area contributed by atoms with Crippen molar-refractivity contribution < 1.29 is 4.42 Å². The van der Waals surface area contributed by atoms with Crippen molar-refractivity contribution in [2.75, 3.05) is 13.6 Å². The molecule has 0 N–H and O–H groups in total. The van der Waals surface area contributed by atoms with E-state index in [1.165, 1.54) is 17.8 Å². The Morgan fingerprint density at radius 1 is 1.21 bits per heavy atom. The van der Waals surface area contributed by atoms with Gasteiger partial charge >= 0.3 is 0 Å². The second kappa shape index (κ2) is 6.61. The number of fused-ring (bicyclic) bond motifs is 1. The average Bonchev–Trinajstić information content (AvgIpc) is 3.26. The molecule has 1 aromatic carbocycles. The topological polar surface area (TPSA) is 47.1 Å². The quantitative estimate of drug-likeness (QED) is 0.723. The minimum Gasteiger partial charge on any atom is -0.445 e. The van der Waals surface area contributed by atoms with Gasteiger partial charge in [-0.15, -0.1) is 0 Å². The molecule has 0 saturated heterocycles. The van der Waals surface area contributed by atoms with E-state index in [0.717, 1.165) is 31.6 Å². The van der Waals surface area contributed by atoms with Crippen LogP contribution in [0.15, 0.2) is 53.5 Å². The molecule has 1 unspecified atom stereocenters. The predicted molar refractivity (Wildman–Crippen MR) is 92.3 cm³/mol. The van der Waals surface area contributed by atoms with Crippen LogP contribution in [0.1, 0.15) is 17.8 Å². The molecule has 0 fully saturated rings. The zero-order valence-corrected chi connectivity index (χ0v) is 13.9. The summed E-state index contributed by atoms with van der Waals surface area (Å²) in [5, 5.41) is 0. The molecule has 0 bridgehead atoms. The minimum absolute atomic E-state index is 0.674. The van der Waals surface area contributed by atoms with Gasteiger partial charge in [0.05, 0.1) is 6.20 Å². The highest BCUT2D eigenvalue weighted by Crippen LogP contribution is 2.21. The normalized spacial score (nSPS) is 17.2. The Bertz CT molecular complexity index is 776. The number of aryl methyl sites for hydroxylation is 1. The summed E-state index contributed by atoms with van der Waals surface area (Å²) in [7, 11) is 2.20. The number of rotatable bonds is 5. The van der Waals surface area contributed by atoms with E-state index in [1.807, 2.05) is 6.20 Å². The van der Waals surface area contributed by atoms with Crippen LogP contribution in [-0.2, 0) is 19.5 Å². The van der Waals surface area contributed by atoms with E-state index >= 15 is 0 Å². The fraction of sp³-hybridized carbons (Fsp3) is 0.368. The molecule has 3 aromatic rings. The Labute approximate surface area is 142 Å². The number of hydrogen-bond donors (Lipinski definition) is 0. The fourth-order valence-electron chi connectivity index (χ4n) is 3.51. The van der Waals surface area contributed by atoms with E-state index in [2.05, 4.69) is 56.9 Å². The molecule has 1 atom stereocenters. The van der Waals surface area contributed by atoms with Gasteiger partial charge < -0.3 is 13.9 Å². The third-order valence-electron chi connectivity index (χ3n) is 4.71. The van der Waals surface area contributed by atoms with E-state index in [4.69, 9.17) is 4.42 Å². The molecule has 0 aliphatic carbocycles. The first-order chi connectivity index (χ1) is 11.8. The minimum atomic E-state index is 0.674. The molecule has 3 heterocycles. The molecule has 0 saturated carbocycles. The molecule has 4 rings (SSSR count). The van der Waals surface area contributed by atoms with Crippen molar-refractivity contribution in [2.45, 2.75) is 25.9 Å². The van der Waals surface area contributed by atoms with Gasteiger partial charge in [0.2, 0.25) is 5.89 Å². The third-order valence-corrected chi connectivity index (χ3v) is 4.71. The van der Waals surface area contributed by atoms with Crippen LogP contribution in [0.4, 0.5) is 0 Å². The molecule has 0 spiro atoms. The van der Waals surface area contributed by atoms with E-state index in [0.29, 0.717) is 11.8 Å². The third kappa shape index (κ3) is 3.26. The summed E-state index contributed by atoms with van der Waals surface area (Å²) in [6, 6.07) is 8.46. The van der Waals surface area contributed by atoms with Crippen LogP contribution in [0.3, 0.4) is 0 Å². The average molecular weight is 322 g/mol. The molecule has 5 nitrogen and oxygen atoms in total. The summed E-state index contributed by atoms with van der Waals surface area (Å²) < 4.78 is 7.61.